The third kappa shape index (κ3) is 6.05. The van der Waals surface area contributed by atoms with Crippen LogP contribution in [0.2, 0.25) is 0 Å². The third-order valence-electron chi connectivity index (χ3n) is 6.53. The van der Waals surface area contributed by atoms with Crippen LogP contribution < -0.4 is 0 Å². The van der Waals surface area contributed by atoms with Crippen molar-refractivity contribution in [3.05, 3.63) is 102 Å². The van der Waals surface area contributed by atoms with Crippen LogP contribution in [0.4, 0.5) is 0 Å². The third-order valence-corrected chi connectivity index (χ3v) is 7.69. The predicted molar refractivity (Wildman–Crippen MR) is 143 cm³/mol. The van der Waals surface area contributed by atoms with Crippen molar-refractivity contribution in [2.24, 2.45) is 0 Å². The number of carbonyl (C=O) groups excluding carboxylic acids is 3. The molecule has 0 radical (unpaired) electrons. The van der Waals surface area contributed by atoms with E-state index in [1.165, 1.54) is 25.8 Å². The smallest absolute Gasteiger partial charge is 0.366 e. The number of hydrogen-bond donors (Lipinski definition) is 0. The maximum absolute atomic E-state index is 13.3. The standard InChI is InChI=1S/C30H28O9S/c1-30(29(33)34-2)35-18-22-23(39-30)24(37-26(31)19-12-6-3-7-13-19)25(38-27(32)20-14-8-4-9-15-20)28(36-22)40-21-16-10-5-11-17-21/h3-17,22-25,28H,18H2,1-2H3/t22-,23-,24+,25-,28+,30?/m1/s1. The molecule has 0 bridgehead atoms. The van der Waals surface area contributed by atoms with Crippen LogP contribution in [-0.2, 0) is 33.2 Å². The van der Waals surface area contributed by atoms with E-state index in [0.29, 0.717) is 11.1 Å². The molecule has 2 fully saturated rings. The molecule has 5 rings (SSSR count). The molecule has 0 aliphatic carbocycles. The van der Waals surface area contributed by atoms with Crippen molar-refractivity contribution in [2.45, 2.75) is 47.5 Å². The molecular formula is C30H28O9S. The molecule has 9 nitrogen and oxygen atoms in total. The minimum atomic E-state index is -1.79. The van der Waals surface area contributed by atoms with E-state index >= 15 is 0 Å². The minimum Gasteiger partial charge on any atom is -0.465 e. The van der Waals surface area contributed by atoms with E-state index in [0.717, 1.165) is 4.90 Å². The largest absolute Gasteiger partial charge is 0.465 e. The van der Waals surface area contributed by atoms with Crippen LogP contribution in [0, 0.1) is 0 Å². The molecule has 6 atom stereocenters. The zero-order chi connectivity index (χ0) is 28.1. The fourth-order valence-corrected chi connectivity index (χ4v) is 5.63. The summed E-state index contributed by atoms with van der Waals surface area (Å²) in [4.78, 5) is 40.0. The lowest BCUT2D eigenvalue weighted by Gasteiger charge is -2.49. The summed E-state index contributed by atoms with van der Waals surface area (Å²) in [6.45, 7) is 1.36. The molecule has 2 heterocycles. The number of ether oxygens (including phenoxy) is 6. The fraction of sp³-hybridized carbons (Fsp3) is 0.300. The highest BCUT2D eigenvalue weighted by molar-refractivity contribution is 7.99. The molecule has 0 N–H and O–H groups in total. The molecule has 208 valence electrons. The van der Waals surface area contributed by atoms with Gasteiger partial charge in [-0.3, -0.25) is 0 Å². The van der Waals surface area contributed by atoms with Crippen molar-refractivity contribution in [2.75, 3.05) is 13.7 Å². The lowest BCUT2D eigenvalue weighted by Crippen LogP contribution is -2.67. The van der Waals surface area contributed by atoms with Gasteiger partial charge in [0, 0.05) is 11.8 Å². The lowest BCUT2D eigenvalue weighted by molar-refractivity contribution is -0.346. The maximum atomic E-state index is 13.3. The van der Waals surface area contributed by atoms with E-state index in [1.807, 2.05) is 30.3 Å². The van der Waals surface area contributed by atoms with Gasteiger partial charge in [-0.1, -0.05) is 66.4 Å². The molecule has 2 aliphatic rings. The number of rotatable bonds is 7. The van der Waals surface area contributed by atoms with Crippen molar-refractivity contribution in [3.8, 4) is 0 Å². The summed E-state index contributed by atoms with van der Waals surface area (Å²) in [7, 11) is 1.22. The average Bonchev–Trinajstić information content (AvgIpc) is 3.00. The highest BCUT2D eigenvalue weighted by Gasteiger charge is 2.58. The van der Waals surface area contributed by atoms with Gasteiger partial charge in [0.1, 0.15) is 17.6 Å². The topological polar surface area (TPSA) is 107 Å². The summed E-state index contributed by atoms with van der Waals surface area (Å²) >= 11 is 1.31. The first-order chi connectivity index (χ1) is 19.4. The number of methoxy groups -OCH3 is 1. The predicted octanol–water partition coefficient (Wildman–Crippen LogP) is 4.26. The molecule has 0 amide bonds. The van der Waals surface area contributed by atoms with Gasteiger partial charge in [-0.05, 0) is 36.4 Å². The summed E-state index contributed by atoms with van der Waals surface area (Å²) in [5, 5.41) is 0. The summed E-state index contributed by atoms with van der Waals surface area (Å²) in [5.74, 6) is -3.83. The van der Waals surface area contributed by atoms with Gasteiger partial charge in [-0.15, -0.1) is 0 Å². The van der Waals surface area contributed by atoms with E-state index < -0.39 is 53.5 Å². The Balaban J connectivity index is 1.53. The number of carbonyl (C=O) groups is 3. The van der Waals surface area contributed by atoms with Crippen molar-refractivity contribution < 1.29 is 42.8 Å². The second-order valence-electron chi connectivity index (χ2n) is 9.28. The number of thioether (sulfide) groups is 1. The van der Waals surface area contributed by atoms with Gasteiger partial charge in [0.2, 0.25) is 0 Å². The van der Waals surface area contributed by atoms with Crippen LogP contribution in [-0.4, -0.2) is 67.3 Å². The average molecular weight is 565 g/mol. The quantitative estimate of drug-likeness (QED) is 0.305. The molecule has 0 saturated carbocycles. The van der Waals surface area contributed by atoms with Gasteiger partial charge in [0.25, 0.3) is 5.79 Å². The van der Waals surface area contributed by atoms with Crippen LogP contribution in [0.5, 0.6) is 0 Å². The monoisotopic (exact) mass is 564 g/mol. The van der Waals surface area contributed by atoms with E-state index in [1.54, 1.807) is 60.7 Å². The van der Waals surface area contributed by atoms with Gasteiger partial charge < -0.3 is 28.4 Å². The Bertz CT molecular complexity index is 1320. The van der Waals surface area contributed by atoms with Gasteiger partial charge in [-0.25, -0.2) is 14.4 Å². The summed E-state index contributed by atoms with van der Waals surface area (Å²) in [6.07, 6.45) is -4.05. The number of esters is 3. The first-order valence-electron chi connectivity index (χ1n) is 12.7. The Labute approximate surface area is 235 Å². The van der Waals surface area contributed by atoms with Crippen LogP contribution >= 0.6 is 11.8 Å². The maximum Gasteiger partial charge on any atom is 0.366 e. The Morgan fingerprint density at radius 3 is 1.88 bits per heavy atom. The molecule has 3 aromatic carbocycles. The molecule has 2 aliphatic heterocycles. The van der Waals surface area contributed by atoms with E-state index in [-0.39, 0.29) is 6.61 Å². The Kier molecular flexibility index (Phi) is 8.51. The first-order valence-corrected chi connectivity index (χ1v) is 13.6. The van der Waals surface area contributed by atoms with E-state index in [2.05, 4.69) is 0 Å². The Hall–Kier alpha value is -3.70. The number of benzene rings is 3. The fourth-order valence-electron chi connectivity index (χ4n) is 4.50. The highest BCUT2D eigenvalue weighted by atomic mass is 32.2. The van der Waals surface area contributed by atoms with Crippen LogP contribution in [0.25, 0.3) is 0 Å². The lowest BCUT2D eigenvalue weighted by atomic mass is 9.97. The molecule has 3 aromatic rings. The number of fused-ring (bicyclic) bond motifs is 1. The highest BCUT2D eigenvalue weighted by Crippen LogP contribution is 2.41. The molecule has 0 spiro atoms. The molecule has 1 unspecified atom stereocenters. The molecule has 2 saturated heterocycles. The van der Waals surface area contributed by atoms with Crippen LogP contribution in [0.15, 0.2) is 95.9 Å². The van der Waals surface area contributed by atoms with Crippen molar-refractivity contribution in [1.82, 2.24) is 0 Å². The summed E-state index contributed by atoms with van der Waals surface area (Å²) in [6, 6.07) is 26.3. The van der Waals surface area contributed by atoms with Gasteiger partial charge in [-0.2, -0.15) is 0 Å². The van der Waals surface area contributed by atoms with Crippen LogP contribution in [0.3, 0.4) is 0 Å². The van der Waals surface area contributed by atoms with Crippen molar-refractivity contribution in [3.63, 3.8) is 0 Å². The van der Waals surface area contributed by atoms with E-state index in [4.69, 9.17) is 28.4 Å². The second-order valence-corrected chi connectivity index (χ2v) is 10.4. The zero-order valence-electron chi connectivity index (χ0n) is 21.8. The zero-order valence-corrected chi connectivity index (χ0v) is 22.7. The van der Waals surface area contributed by atoms with Gasteiger partial charge in [0.05, 0.1) is 24.8 Å². The number of hydrogen-bond acceptors (Lipinski definition) is 10. The van der Waals surface area contributed by atoms with Gasteiger partial charge >= 0.3 is 17.9 Å². The normalized spacial score (nSPS) is 27.6. The molecule has 0 aromatic heterocycles. The summed E-state index contributed by atoms with van der Waals surface area (Å²) in [5.41, 5.74) is -0.193. The van der Waals surface area contributed by atoms with Crippen molar-refractivity contribution in [1.29, 1.82) is 0 Å². The SMILES string of the molecule is COC(=O)C1(C)OC[C@H]2O[C@@H](Sc3ccccc3)[C@H](OC(=O)c3ccccc3)[C@@H](OC(=O)c3ccccc3)[C@@H]2O1. The van der Waals surface area contributed by atoms with Crippen molar-refractivity contribution >= 4 is 29.7 Å². The minimum absolute atomic E-state index is 0.0547. The molecule has 10 heteroatoms. The molecule has 40 heavy (non-hydrogen) atoms. The summed E-state index contributed by atoms with van der Waals surface area (Å²) < 4.78 is 35.1. The Morgan fingerprint density at radius 2 is 1.32 bits per heavy atom. The van der Waals surface area contributed by atoms with E-state index in [9.17, 15) is 14.4 Å². The van der Waals surface area contributed by atoms with Crippen LogP contribution in [0.1, 0.15) is 27.6 Å². The second kappa shape index (κ2) is 12.2. The molecular weight excluding hydrogens is 536 g/mol. The first kappa shape index (κ1) is 27.9. The Morgan fingerprint density at radius 1 is 0.800 bits per heavy atom. The van der Waals surface area contributed by atoms with Gasteiger partial charge in [0.15, 0.2) is 12.2 Å².